The molecule has 0 unspecified atom stereocenters. The van der Waals surface area contributed by atoms with Gasteiger partial charge in [0.15, 0.2) is 8.32 Å². The Kier molecular flexibility index (Phi) is 18.8. The van der Waals surface area contributed by atoms with Gasteiger partial charge in [-0.15, -0.1) is 0 Å². The smallest absolute Gasteiger partial charge is 0.460 e. The van der Waals surface area contributed by atoms with E-state index in [4.69, 9.17) is 19.1 Å². The van der Waals surface area contributed by atoms with Crippen LogP contribution in [0.1, 0.15) is 59.6 Å². The van der Waals surface area contributed by atoms with Gasteiger partial charge >= 0.3 is 53.7 Å². The van der Waals surface area contributed by atoms with E-state index in [1.54, 1.807) is 13.8 Å². The number of halogens is 19. The van der Waals surface area contributed by atoms with E-state index in [9.17, 15) is 84.2 Å². The molecular formula is C40H43F19N2O6Si. The Labute approximate surface area is 375 Å². The van der Waals surface area contributed by atoms with Gasteiger partial charge in [-0.3, -0.25) is 15.3 Å². The first-order chi connectivity index (χ1) is 30.7. The standard InChI is InChI=1S/C40H43F19N2O6Si/c1-21(2)68(22(3)4,19-16-33(43,44)34(45,46)35(47,48)36(49,50)37(51,52)38(53,54)39(55,56)40(57,58)59)66-18-17-65-27-13-10-25(11-14-27)31(24(6)23(5)8-7-9-30(62)61-64)67-32(63)60-29-15-12-26(41)20-28(29)42/h7-15,20-22,24,31,64H,16-19H2,1-6H3,(H,60,63)(H,61,62)/b9-7+,23-8+/t24-,31+/m0/s1. The minimum Gasteiger partial charge on any atom is -0.491 e. The fourth-order valence-electron chi connectivity index (χ4n) is 6.52. The number of amides is 2. The number of allylic oxidation sites excluding steroid dienone is 2. The molecule has 0 radical (unpaired) electrons. The minimum atomic E-state index is -8.73. The summed E-state index contributed by atoms with van der Waals surface area (Å²) in [5, 5.41) is 10.8. The molecule has 2 aromatic carbocycles. The van der Waals surface area contributed by atoms with Crippen LogP contribution in [0.4, 0.5) is 93.9 Å². The van der Waals surface area contributed by atoms with Gasteiger partial charge in [0.25, 0.3) is 5.91 Å². The van der Waals surface area contributed by atoms with Gasteiger partial charge in [0.05, 0.1) is 12.3 Å². The highest BCUT2D eigenvalue weighted by Gasteiger charge is 2.95. The molecular weight excluding hydrogens is 993 g/mol. The van der Waals surface area contributed by atoms with Gasteiger partial charge in [-0.1, -0.05) is 64.5 Å². The Morgan fingerprint density at radius 2 is 1.21 bits per heavy atom. The van der Waals surface area contributed by atoms with Gasteiger partial charge in [0.2, 0.25) is 0 Å². The van der Waals surface area contributed by atoms with Gasteiger partial charge in [-0.2, -0.15) is 74.6 Å². The second-order valence-electron chi connectivity index (χ2n) is 15.8. The van der Waals surface area contributed by atoms with Gasteiger partial charge < -0.3 is 13.9 Å². The van der Waals surface area contributed by atoms with Crippen LogP contribution in [-0.4, -0.2) is 86.4 Å². The molecule has 2 rings (SSSR count). The molecule has 3 N–H and O–H groups in total. The van der Waals surface area contributed by atoms with E-state index in [0.717, 1.165) is 18.2 Å². The lowest BCUT2D eigenvalue weighted by atomic mass is 9.88. The molecule has 8 nitrogen and oxygen atoms in total. The van der Waals surface area contributed by atoms with Crippen molar-refractivity contribution < 1.29 is 112 Å². The van der Waals surface area contributed by atoms with Crippen LogP contribution in [-0.2, 0) is 14.0 Å². The molecule has 0 aliphatic heterocycles. The molecule has 0 saturated heterocycles. The molecule has 28 heteroatoms. The molecule has 2 aromatic rings. The van der Waals surface area contributed by atoms with Crippen molar-refractivity contribution in [2.24, 2.45) is 5.92 Å². The van der Waals surface area contributed by atoms with E-state index < -0.39 is 134 Å². The molecule has 0 aliphatic rings. The van der Waals surface area contributed by atoms with E-state index in [2.05, 4.69) is 5.32 Å². The number of anilines is 1. The number of hydrogen-bond donors (Lipinski definition) is 3. The molecule has 0 aliphatic carbocycles. The maximum Gasteiger partial charge on any atom is 0.460 e. The van der Waals surface area contributed by atoms with Gasteiger partial charge in [-0.05, 0) is 53.9 Å². The van der Waals surface area contributed by atoms with E-state index in [-0.39, 0.29) is 11.3 Å². The molecule has 0 spiro atoms. The quantitative estimate of drug-likeness (QED) is 0.0195. The summed E-state index contributed by atoms with van der Waals surface area (Å²) < 4.78 is 281. The summed E-state index contributed by atoms with van der Waals surface area (Å²) in [6.07, 6.45) is -9.24. The number of hydroxylamine groups is 1. The SMILES string of the molecule is C/C(=C\C=C\C(=O)NO)[C@H](C)[C@@H](OC(=O)Nc1ccc(F)cc1F)c1ccc(OCCO[Si](CCC(F)(F)C(F)(F)C(F)(F)C(F)(F)C(F)(F)C(F)(F)C(F)(F)C(F)(F)F)(C(C)C)C(C)C)cc1. The van der Waals surface area contributed by atoms with Crippen molar-refractivity contribution in [3.05, 3.63) is 83.5 Å². The second kappa shape index (κ2) is 21.5. The number of alkyl halides is 17. The second-order valence-corrected chi connectivity index (χ2v) is 20.8. The number of benzene rings is 2. The Hall–Kier alpha value is -4.73. The highest BCUT2D eigenvalue weighted by Crippen LogP contribution is 2.64. The third-order valence-electron chi connectivity index (χ3n) is 10.8. The molecule has 2 amide bonds. The molecule has 386 valence electrons. The number of ether oxygens (including phenoxy) is 2. The van der Waals surface area contributed by atoms with E-state index in [1.807, 2.05) is 0 Å². The average Bonchev–Trinajstić information content (AvgIpc) is 3.22. The van der Waals surface area contributed by atoms with Crippen molar-refractivity contribution >= 4 is 26.0 Å². The predicted molar refractivity (Wildman–Crippen MR) is 205 cm³/mol. The molecule has 0 heterocycles. The van der Waals surface area contributed by atoms with Crippen molar-refractivity contribution in [1.82, 2.24) is 5.48 Å². The highest BCUT2D eigenvalue weighted by molar-refractivity contribution is 6.76. The third kappa shape index (κ3) is 12.0. The van der Waals surface area contributed by atoms with Crippen LogP contribution in [0.2, 0.25) is 17.1 Å². The van der Waals surface area contributed by atoms with E-state index >= 15 is 8.78 Å². The number of nitrogens with one attached hydrogen (secondary N) is 2. The highest BCUT2D eigenvalue weighted by atomic mass is 28.4. The Morgan fingerprint density at radius 1 is 0.706 bits per heavy atom. The van der Waals surface area contributed by atoms with Gasteiger partial charge in [0, 0.05) is 24.5 Å². The minimum absolute atomic E-state index is 0.0258. The van der Waals surface area contributed by atoms with Crippen molar-refractivity contribution in [3.63, 3.8) is 0 Å². The summed E-state index contributed by atoms with van der Waals surface area (Å²) in [4.78, 5) is 24.3. The number of rotatable bonds is 23. The zero-order valence-corrected chi connectivity index (χ0v) is 37.1. The van der Waals surface area contributed by atoms with Crippen molar-refractivity contribution in [2.45, 2.75) is 119 Å². The van der Waals surface area contributed by atoms with Crippen LogP contribution in [0.25, 0.3) is 0 Å². The van der Waals surface area contributed by atoms with Crippen LogP contribution in [0, 0.1) is 17.6 Å². The molecule has 0 saturated carbocycles. The van der Waals surface area contributed by atoms with Crippen molar-refractivity contribution in [2.75, 3.05) is 18.5 Å². The molecule has 68 heavy (non-hydrogen) atoms. The molecule has 0 aromatic heterocycles. The summed E-state index contributed by atoms with van der Waals surface area (Å²) in [7, 11) is -4.07. The maximum atomic E-state index is 15.0. The largest absolute Gasteiger partial charge is 0.491 e. The summed E-state index contributed by atoms with van der Waals surface area (Å²) in [5.41, 5.74) is -0.212. The Bertz CT molecular complexity index is 2090. The van der Waals surface area contributed by atoms with Crippen LogP contribution < -0.4 is 15.5 Å². The van der Waals surface area contributed by atoms with E-state index in [0.29, 0.717) is 11.6 Å². The van der Waals surface area contributed by atoms with Gasteiger partial charge in [0.1, 0.15) is 30.1 Å². The first kappa shape index (κ1) is 59.4. The van der Waals surface area contributed by atoms with Gasteiger partial charge in [-0.25, -0.2) is 19.1 Å². The summed E-state index contributed by atoms with van der Waals surface area (Å²) in [5.74, 6) is -60.7. The first-order valence-corrected chi connectivity index (χ1v) is 21.8. The van der Waals surface area contributed by atoms with Crippen molar-refractivity contribution in [3.8, 4) is 5.75 Å². The Morgan fingerprint density at radius 3 is 1.68 bits per heavy atom. The zero-order chi connectivity index (χ0) is 52.9. The van der Waals surface area contributed by atoms with Crippen LogP contribution in [0.3, 0.4) is 0 Å². The van der Waals surface area contributed by atoms with Crippen LogP contribution >= 0.6 is 0 Å². The fraction of sp³-hybridized carbons (Fsp3) is 0.550. The lowest BCUT2D eigenvalue weighted by Crippen LogP contribution is -2.74. The Balaban J connectivity index is 2.34. The van der Waals surface area contributed by atoms with Crippen molar-refractivity contribution in [1.29, 1.82) is 0 Å². The molecule has 2 atom stereocenters. The van der Waals surface area contributed by atoms with E-state index in [1.165, 1.54) is 69.6 Å². The molecule has 0 fully saturated rings. The average molecular weight is 1040 g/mol. The zero-order valence-electron chi connectivity index (χ0n) is 36.1. The fourth-order valence-corrected chi connectivity index (χ4v) is 11.0. The summed E-state index contributed by atoms with van der Waals surface area (Å²) >= 11 is 0. The normalized spacial score (nSPS) is 15.2. The maximum absolute atomic E-state index is 15.0. The van der Waals surface area contributed by atoms with Crippen LogP contribution in [0.5, 0.6) is 5.75 Å². The number of hydrogen-bond acceptors (Lipinski definition) is 6. The lowest BCUT2D eigenvalue weighted by molar-refractivity contribution is -0.461. The summed E-state index contributed by atoms with van der Waals surface area (Å²) in [6.45, 7) is 7.18. The topological polar surface area (TPSA) is 106 Å². The summed E-state index contributed by atoms with van der Waals surface area (Å²) in [6, 6.07) is 6.23. The number of carbonyl (C=O) groups is 2. The monoisotopic (exact) mass is 1040 g/mol. The van der Waals surface area contributed by atoms with Crippen LogP contribution in [0.15, 0.2) is 66.3 Å². The number of carbonyl (C=O) groups excluding carboxylic acids is 2. The lowest BCUT2D eigenvalue weighted by Gasteiger charge is -2.44. The first-order valence-electron chi connectivity index (χ1n) is 19.5. The predicted octanol–water partition coefficient (Wildman–Crippen LogP) is 13.5. The molecule has 0 bridgehead atoms. The third-order valence-corrected chi connectivity index (χ3v) is 16.5.